The van der Waals surface area contributed by atoms with E-state index in [2.05, 4.69) is 17.2 Å². The van der Waals surface area contributed by atoms with Gasteiger partial charge in [-0.25, -0.2) is 4.98 Å². The fourth-order valence-corrected chi connectivity index (χ4v) is 4.02. The number of nitrogens with one attached hydrogen (secondary N) is 1. The van der Waals surface area contributed by atoms with E-state index in [9.17, 15) is 0 Å². The molecule has 0 bridgehead atoms. The minimum absolute atomic E-state index is 0.159. The van der Waals surface area contributed by atoms with E-state index in [0.29, 0.717) is 0 Å². The van der Waals surface area contributed by atoms with Crippen molar-refractivity contribution in [3.63, 3.8) is 0 Å². The summed E-state index contributed by atoms with van der Waals surface area (Å²) >= 11 is 9.21. The number of aromatic nitrogens is 1. The second kappa shape index (κ2) is 5.24. The largest absolute Gasteiger partial charge is 0.397 e. The molecule has 0 aliphatic carbocycles. The molecule has 0 radical (unpaired) electrons. The topological polar surface area (TPSA) is 50.9 Å². The van der Waals surface area contributed by atoms with Crippen LogP contribution in [-0.4, -0.2) is 4.98 Å². The summed E-state index contributed by atoms with van der Waals surface area (Å²) in [6, 6.07) is 8.10. The van der Waals surface area contributed by atoms with Crippen molar-refractivity contribution < 1.29 is 0 Å². The van der Waals surface area contributed by atoms with Gasteiger partial charge in [-0.2, -0.15) is 0 Å². The highest BCUT2D eigenvalue weighted by Crippen LogP contribution is 2.33. The van der Waals surface area contributed by atoms with Gasteiger partial charge in [0, 0.05) is 4.88 Å². The number of nitrogens with two attached hydrogens (primary N) is 1. The van der Waals surface area contributed by atoms with Crippen molar-refractivity contribution in [2.45, 2.75) is 19.9 Å². The SMILES string of the molecule is Cc1nc2cc(NC(C)c3ccc(Cl)s3)c(N)cc2s1. The molecule has 20 heavy (non-hydrogen) atoms. The lowest BCUT2D eigenvalue weighted by atomic mass is 10.2. The third-order valence-electron chi connectivity index (χ3n) is 3.06. The molecule has 3 N–H and O–H groups in total. The summed E-state index contributed by atoms with van der Waals surface area (Å²) in [4.78, 5) is 5.69. The quantitative estimate of drug-likeness (QED) is 0.661. The number of aryl methyl sites for hydroxylation is 1. The Hall–Kier alpha value is -1.30. The van der Waals surface area contributed by atoms with Gasteiger partial charge in [0.15, 0.2) is 0 Å². The van der Waals surface area contributed by atoms with Crippen LogP contribution in [0.4, 0.5) is 11.4 Å². The van der Waals surface area contributed by atoms with Gasteiger partial charge in [-0.1, -0.05) is 11.6 Å². The number of anilines is 2. The third-order valence-corrected chi connectivity index (χ3v) is 5.41. The fourth-order valence-electron chi connectivity index (χ4n) is 2.10. The lowest BCUT2D eigenvalue weighted by molar-refractivity contribution is 0.909. The average molecular weight is 324 g/mol. The van der Waals surface area contributed by atoms with Crippen LogP contribution >= 0.6 is 34.3 Å². The van der Waals surface area contributed by atoms with E-state index >= 15 is 0 Å². The molecule has 3 aromatic rings. The van der Waals surface area contributed by atoms with Crippen LogP contribution in [0.15, 0.2) is 24.3 Å². The van der Waals surface area contributed by atoms with E-state index in [-0.39, 0.29) is 6.04 Å². The van der Waals surface area contributed by atoms with Crippen molar-refractivity contribution in [3.05, 3.63) is 38.5 Å². The standard InChI is InChI=1S/C14H14ClN3S2/c1-7(12-3-4-14(15)20-12)17-10-6-11-13(5-9(10)16)19-8(2)18-11/h3-7,17H,16H2,1-2H3. The Kier molecular flexibility index (Phi) is 3.58. The number of thiazole rings is 1. The zero-order valence-electron chi connectivity index (χ0n) is 11.1. The van der Waals surface area contributed by atoms with E-state index in [1.165, 1.54) is 4.88 Å². The maximum atomic E-state index is 6.12. The van der Waals surface area contributed by atoms with Gasteiger partial charge in [-0.05, 0) is 38.1 Å². The predicted octanol–water partition coefficient (Wildman–Crippen LogP) is 5.07. The van der Waals surface area contributed by atoms with Crippen LogP contribution in [0.25, 0.3) is 10.2 Å². The van der Waals surface area contributed by atoms with Crippen molar-refractivity contribution >= 4 is 55.9 Å². The molecule has 1 unspecified atom stereocenters. The number of fused-ring (bicyclic) bond motifs is 1. The summed E-state index contributed by atoms with van der Waals surface area (Å²) in [6.07, 6.45) is 0. The van der Waals surface area contributed by atoms with Crippen molar-refractivity contribution in [3.8, 4) is 0 Å². The van der Waals surface area contributed by atoms with Crippen molar-refractivity contribution in [1.29, 1.82) is 0 Å². The molecule has 0 saturated heterocycles. The van der Waals surface area contributed by atoms with Gasteiger partial charge in [-0.3, -0.25) is 0 Å². The van der Waals surface area contributed by atoms with Gasteiger partial charge in [0.25, 0.3) is 0 Å². The molecule has 0 amide bonds. The van der Waals surface area contributed by atoms with E-state index in [1.54, 1.807) is 22.7 Å². The highest BCUT2D eigenvalue weighted by atomic mass is 35.5. The van der Waals surface area contributed by atoms with Gasteiger partial charge in [0.1, 0.15) is 0 Å². The minimum Gasteiger partial charge on any atom is -0.397 e. The Balaban J connectivity index is 1.91. The first-order chi connectivity index (χ1) is 9.52. The molecular formula is C14H14ClN3S2. The van der Waals surface area contributed by atoms with E-state index in [0.717, 1.165) is 30.9 Å². The van der Waals surface area contributed by atoms with Crippen LogP contribution in [0.2, 0.25) is 4.34 Å². The number of nitrogens with zero attached hydrogens (tertiary/aromatic N) is 1. The van der Waals surface area contributed by atoms with Crippen molar-refractivity contribution in [2.75, 3.05) is 11.1 Å². The van der Waals surface area contributed by atoms with Gasteiger partial charge in [0.2, 0.25) is 0 Å². The summed E-state index contributed by atoms with van der Waals surface area (Å²) in [5, 5.41) is 4.48. The molecule has 0 spiro atoms. The lowest BCUT2D eigenvalue weighted by Crippen LogP contribution is -2.06. The molecule has 1 atom stereocenters. The van der Waals surface area contributed by atoms with Gasteiger partial charge in [-0.15, -0.1) is 22.7 Å². The van der Waals surface area contributed by atoms with Crippen LogP contribution in [0.5, 0.6) is 0 Å². The summed E-state index contributed by atoms with van der Waals surface area (Å²) in [5.74, 6) is 0. The Labute approximate surface area is 130 Å². The first kappa shape index (κ1) is 13.7. The number of benzene rings is 1. The number of rotatable bonds is 3. The highest BCUT2D eigenvalue weighted by molar-refractivity contribution is 7.18. The van der Waals surface area contributed by atoms with Crippen LogP contribution in [0.3, 0.4) is 0 Å². The first-order valence-corrected chi connectivity index (χ1v) is 8.22. The fraction of sp³-hybridized carbons (Fsp3) is 0.214. The molecule has 0 aliphatic rings. The third kappa shape index (κ3) is 2.61. The number of thiophene rings is 1. The Morgan fingerprint density at radius 3 is 2.80 bits per heavy atom. The molecule has 2 aromatic heterocycles. The zero-order valence-corrected chi connectivity index (χ0v) is 13.5. The van der Waals surface area contributed by atoms with Gasteiger partial charge in [0.05, 0.1) is 37.0 Å². The Morgan fingerprint density at radius 2 is 2.10 bits per heavy atom. The molecule has 6 heteroatoms. The highest BCUT2D eigenvalue weighted by Gasteiger charge is 2.11. The average Bonchev–Trinajstić information content (AvgIpc) is 2.95. The molecular weight excluding hydrogens is 310 g/mol. The van der Waals surface area contributed by atoms with E-state index in [4.69, 9.17) is 17.3 Å². The summed E-state index contributed by atoms with van der Waals surface area (Å²) in [7, 11) is 0. The monoisotopic (exact) mass is 323 g/mol. The molecule has 0 fully saturated rings. The smallest absolute Gasteiger partial charge is 0.0932 e. The normalized spacial score (nSPS) is 12.8. The number of hydrogen-bond donors (Lipinski definition) is 2. The van der Waals surface area contributed by atoms with Gasteiger partial charge < -0.3 is 11.1 Å². The minimum atomic E-state index is 0.159. The summed E-state index contributed by atoms with van der Waals surface area (Å²) in [6.45, 7) is 4.10. The predicted molar refractivity (Wildman–Crippen MR) is 90.1 cm³/mol. The maximum absolute atomic E-state index is 6.12. The van der Waals surface area contributed by atoms with Crippen LogP contribution < -0.4 is 11.1 Å². The van der Waals surface area contributed by atoms with Crippen molar-refractivity contribution in [1.82, 2.24) is 4.98 Å². The number of halogens is 1. The zero-order chi connectivity index (χ0) is 14.3. The van der Waals surface area contributed by atoms with Crippen LogP contribution in [0.1, 0.15) is 22.9 Å². The second-order valence-electron chi connectivity index (χ2n) is 4.65. The van der Waals surface area contributed by atoms with E-state index < -0.39 is 0 Å². The number of nitrogen functional groups attached to an aromatic ring is 1. The molecule has 3 rings (SSSR count). The molecule has 3 nitrogen and oxygen atoms in total. The van der Waals surface area contributed by atoms with E-state index in [1.807, 2.05) is 31.2 Å². The lowest BCUT2D eigenvalue weighted by Gasteiger charge is -2.15. The summed E-state index contributed by atoms with van der Waals surface area (Å²) in [5.41, 5.74) is 8.77. The molecule has 1 aromatic carbocycles. The van der Waals surface area contributed by atoms with Crippen LogP contribution in [-0.2, 0) is 0 Å². The maximum Gasteiger partial charge on any atom is 0.0932 e. The Bertz CT molecular complexity index is 763. The van der Waals surface area contributed by atoms with Crippen molar-refractivity contribution in [2.24, 2.45) is 0 Å². The first-order valence-electron chi connectivity index (χ1n) is 6.21. The summed E-state index contributed by atoms with van der Waals surface area (Å²) < 4.78 is 1.92. The second-order valence-corrected chi connectivity index (χ2v) is 7.63. The number of hydrogen-bond acceptors (Lipinski definition) is 5. The Morgan fingerprint density at radius 1 is 1.30 bits per heavy atom. The molecule has 0 saturated carbocycles. The van der Waals surface area contributed by atoms with Gasteiger partial charge >= 0.3 is 0 Å². The molecule has 104 valence electrons. The molecule has 2 heterocycles. The van der Waals surface area contributed by atoms with Crippen LogP contribution in [0, 0.1) is 6.92 Å². The molecule has 0 aliphatic heterocycles.